The Morgan fingerprint density at radius 1 is 1.40 bits per heavy atom. The molecule has 15 heavy (non-hydrogen) atoms. The zero-order valence-corrected chi connectivity index (χ0v) is 10.5. The van der Waals surface area contributed by atoms with E-state index >= 15 is 0 Å². The number of nitrogen functional groups attached to an aromatic ring is 1. The highest BCUT2D eigenvalue weighted by Gasteiger charge is 2.06. The average Bonchev–Trinajstić information content (AvgIpc) is 2.17. The summed E-state index contributed by atoms with van der Waals surface area (Å²) >= 11 is 1.77. The van der Waals surface area contributed by atoms with Crippen LogP contribution in [0.2, 0.25) is 0 Å². The van der Waals surface area contributed by atoms with Crippen LogP contribution in [-0.2, 0) is 6.42 Å². The van der Waals surface area contributed by atoms with E-state index in [4.69, 9.17) is 5.73 Å². The molecular formula is C11H19N3S. The second kappa shape index (κ2) is 5.95. The molecule has 0 fully saturated rings. The molecule has 4 heteroatoms. The smallest absolute Gasteiger partial charge is 0.132 e. The van der Waals surface area contributed by atoms with Crippen molar-refractivity contribution < 1.29 is 0 Å². The van der Waals surface area contributed by atoms with Gasteiger partial charge in [-0.2, -0.15) is 0 Å². The Kier molecular flexibility index (Phi) is 4.88. The monoisotopic (exact) mass is 225 g/mol. The van der Waals surface area contributed by atoms with Crippen molar-refractivity contribution in [2.24, 2.45) is 0 Å². The van der Waals surface area contributed by atoms with E-state index < -0.39 is 0 Å². The Balaban J connectivity index is 2.78. The number of thioether (sulfide) groups is 1. The van der Waals surface area contributed by atoms with E-state index in [0.717, 1.165) is 30.1 Å². The van der Waals surface area contributed by atoms with Gasteiger partial charge in [0.1, 0.15) is 16.7 Å². The first-order chi connectivity index (χ1) is 7.15. The van der Waals surface area contributed by atoms with E-state index in [9.17, 15) is 0 Å². The molecule has 0 aliphatic heterocycles. The van der Waals surface area contributed by atoms with Crippen LogP contribution in [0.25, 0.3) is 0 Å². The minimum Gasteiger partial charge on any atom is -0.384 e. The summed E-state index contributed by atoms with van der Waals surface area (Å²) in [5.41, 5.74) is 5.74. The fourth-order valence-corrected chi connectivity index (χ4v) is 2.10. The van der Waals surface area contributed by atoms with Gasteiger partial charge in [0.2, 0.25) is 0 Å². The Morgan fingerprint density at radius 2 is 2.13 bits per heavy atom. The molecule has 84 valence electrons. The van der Waals surface area contributed by atoms with Crippen LogP contribution < -0.4 is 5.73 Å². The van der Waals surface area contributed by atoms with E-state index in [-0.39, 0.29) is 0 Å². The SMILES string of the molecule is CCCc1nc(N)cc(SC(C)CC)n1. The second-order valence-electron chi connectivity index (χ2n) is 3.63. The summed E-state index contributed by atoms with van der Waals surface area (Å²) in [6.45, 7) is 6.49. The highest BCUT2D eigenvalue weighted by molar-refractivity contribution is 7.99. The van der Waals surface area contributed by atoms with E-state index in [1.54, 1.807) is 11.8 Å². The fourth-order valence-electron chi connectivity index (χ4n) is 1.18. The largest absolute Gasteiger partial charge is 0.384 e. The van der Waals surface area contributed by atoms with Crippen molar-refractivity contribution in [2.75, 3.05) is 5.73 Å². The molecule has 1 aromatic heterocycles. The van der Waals surface area contributed by atoms with Crippen LogP contribution in [-0.4, -0.2) is 15.2 Å². The highest BCUT2D eigenvalue weighted by Crippen LogP contribution is 2.24. The van der Waals surface area contributed by atoms with E-state index in [2.05, 4.69) is 30.7 Å². The molecule has 1 aromatic rings. The predicted octanol–water partition coefficient (Wildman–Crippen LogP) is 2.90. The molecule has 0 aliphatic carbocycles. The van der Waals surface area contributed by atoms with Crippen molar-refractivity contribution in [3.8, 4) is 0 Å². The first-order valence-corrected chi connectivity index (χ1v) is 6.33. The van der Waals surface area contributed by atoms with Gasteiger partial charge in [0, 0.05) is 17.7 Å². The van der Waals surface area contributed by atoms with Gasteiger partial charge in [0.25, 0.3) is 0 Å². The maximum atomic E-state index is 5.74. The normalized spacial score (nSPS) is 12.7. The van der Waals surface area contributed by atoms with Crippen molar-refractivity contribution >= 4 is 17.6 Å². The molecule has 0 saturated carbocycles. The number of nitrogens with zero attached hydrogens (tertiary/aromatic N) is 2. The third-order valence-electron chi connectivity index (χ3n) is 2.14. The molecule has 1 unspecified atom stereocenters. The standard InChI is InChI=1S/C11H19N3S/c1-4-6-10-13-9(12)7-11(14-10)15-8(3)5-2/h7-8H,4-6H2,1-3H3,(H2,12,13,14). The number of hydrogen-bond donors (Lipinski definition) is 1. The van der Waals surface area contributed by atoms with Crippen molar-refractivity contribution in [1.82, 2.24) is 9.97 Å². The minimum absolute atomic E-state index is 0.578. The van der Waals surface area contributed by atoms with Gasteiger partial charge >= 0.3 is 0 Å². The zero-order valence-electron chi connectivity index (χ0n) is 9.66. The number of aromatic nitrogens is 2. The van der Waals surface area contributed by atoms with Crippen LogP contribution in [0.5, 0.6) is 0 Å². The molecular weight excluding hydrogens is 206 g/mol. The highest BCUT2D eigenvalue weighted by atomic mass is 32.2. The van der Waals surface area contributed by atoms with Gasteiger partial charge in [-0.05, 0) is 12.8 Å². The first-order valence-electron chi connectivity index (χ1n) is 5.45. The summed E-state index contributed by atoms with van der Waals surface area (Å²) < 4.78 is 0. The molecule has 0 amide bonds. The number of nitrogens with two attached hydrogens (primary N) is 1. The topological polar surface area (TPSA) is 51.8 Å². The summed E-state index contributed by atoms with van der Waals surface area (Å²) in [4.78, 5) is 8.69. The van der Waals surface area contributed by atoms with Gasteiger partial charge < -0.3 is 5.73 Å². The maximum Gasteiger partial charge on any atom is 0.132 e. The third kappa shape index (κ3) is 4.08. The maximum absolute atomic E-state index is 5.74. The van der Waals surface area contributed by atoms with Crippen LogP contribution >= 0.6 is 11.8 Å². The van der Waals surface area contributed by atoms with Gasteiger partial charge in [-0.1, -0.05) is 20.8 Å². The number of aryl methyl sites for hydroxylation is 1. The molecule has 1 rings (SSSR count). The Hall–Kier alpha value is -0.770. The Morgan fingerprint density at radius 3 is 2.73 bits per heavy atom. The Bertz CT molecular complexity index is 315. The molecule has 2 N–H and O–H groups in total. The molecule has 3 nitrogen and oxygen atoms in total. The quantitative estimate of drug-likeness (QED) is 0.618. The average molecular weight is 225 g/mol. The van der Waals surface area contributed by atoms with Crippen molar-refractivity contribution in [2.45, 2.75) is 50.3 Å². The van der Waals surface area contributed by atoms with Crippen LogP contribution in [0, 0.1) is 0 Å². The van der Waals surface area contributed by atoms with Gasteiger partial charge in [-0.15, -0.1) is 11.8 Å². The van der Waals surface area contributed by atoms with E-state index in [1.807, 2.05) is 6.07 Å². The van der Waals surface area contributed by atoms with Gasteiger partial charge in [-0.3, -0.25) is 0 Å². The van der Waals surface area contributed by atoms with Crippen molar-refractivity contribution in [3.63, 3.8) is 0 Å². The van der Waals surface area contributed by atoms with E-state index in [0.29, 0.717) is 11.1 Å². The third-order valence-corrected chi connectivity index (χ3v) is 3.33. The number of rotatable bonds is 5. The van der Waals surface area contributed by atoms with Gasteiger partial charge in [0.15, 0.2) is 0 Å². The summed E-state index contributed by atoms with van der Waals surface area (Å²) in [5, 5.41) is 1.58. The lowest BCUT2D eigenvalue weighted by atomic mass is 10.3. The van der Waals surface area contributed by atoms with Crippen LogP contribution in [0.1, 0.15) is 39.4 Å². The summed E-state index contributed by atoms with van der Waals surface area (Å²) in [6, 6.07) is 1.86. The zero-order chi connectivity index (χ0) is 11.3. The molecule has 0 saturated heterocycles. The summed E-state index contributed by atoms with van der Waals surface area (Å²) in [7, 11) is 0. The lowest BCUT2D eigenvalue weighted by molar-refractivity contribution is 0.810. The van der Waals surface area contributed by atoms with Crippen LogP contribution in [0.4, 0.5) is 5.82 Å². The first kappa shape index (κ1) is 12.3. The number of anilines is 1. The molecule has 1 heterocycles. The van der Waals surface area contributed by atoms with E-state index in [1.165, 1.54) is 0 Å². The van der Waals surface area contributed by atoms with Gasteiger partial charge in [-0.25, -0.2) is 9.97 Å². The second-order valence-corrected chi connectivity index (χ2v) is 5.09. The molecule has 0 bridgehead atoms. The summed E-state index contributed by atoms with van der Waals surface area (Å²) in [6.07, 6.45) is 3.09. The Labute approximate surface area is 95.9 Å². The molecule has 0 spiro atoms. The van der Waals surface area contributed by atoms with Gasteiger partial charge in [0.05, 0.1) is 0 Å². The molecule has 0 aromatic carbocycles. The van der Waals surface area contributed by atoms with Crippen LogP contribution in [0.15, 0.2) is 11.1 Å². The minimum atomic E-state index is 0.578. The van der Waals surface area contributed by atoms with Crippen LogP contribution in [0.3, 0.4) is 0 Å². The lowest BCUT2D eigenvalue weighted by Gasteiger charge is -2.08. The predicted molar refractivity (Wildman–Crippen MR) is 66.0 cm³/mol. The molecule has 1 atom stereocenters. The molecule has 0 aliphatic rings. The lowest BCUT2D eigenvalue weighted by Crippen LogP contribution is -2.02. The molecule has 0 radical (unpaired) electrons. The summed E-state index contributed by atoms with van der Waals surface area (Å²) in [5.74, 6) is 1.45. The van der Waals surface area contributed by atoms with Crippen molar-refractivity contribution in [3.05, 3.63) is 11.9 Å². The number of hydrogen-bond acceptors (Lipinski definition) is 4. The van der Waals surface area contributed by atoms with Crippen molar-refractivity contribution in [1.29, 1.82) is 0 Å². The fraction of sp³-hybridized carbons (Fsp3) is 0.636.